The number of hydrogen-bond acceptors (Lipinski definition) is 7. The lowest BCUT2D eigenvalue weighted by Gasteiger charge is -2.58. The van der Waals surface area contributed by atoms with Crippen LogP contribution in [0.2, 0.25) is 0 Å². The number of nitrogens with one attached hydrogen (secondary N) is 1. The van der Waals surface area contributed by atoms with Gasteiger partial charge in [0.2, 0.25) is 0 Å². The molecule has 1 unspecified atom stereocenters. The van der Waals surface area contributed by atoms with Crippen LogP contribution in [-0.2, 0) is 6.54 Å². The van der Waals surface area contributed by atoms with Crippen molar-refractivity contribution in [2.45, 2.75) is 64.1 Å². The van der Waals surface area contributed by atoms with E-state index in [-0.39, 0.29) is 0 Å². The second-order valence-corrected chi connectivity index (χ2v) is 15.2. The molecule has 5 aromatic rings. The molecule has 1 aliphatic carbocycles. The molecule has 3 fully saturated rings. The number of nitriles is 1. The van der Waals surface area contributed by atoms with Crippen LogP contribution in [0.5, 0.6) is 11.5 Å². The minimum atomic E-state index is 0.362. The Bertz CT molecular complexity index is 2050. The molecule has 3 aliphatic rings. The van der Waals surface area contributed by atoms with E-state index in [0.29, 0.717) is 46.0 Å². The highest BCUT2D eigenvalue weighted by Crippen LogP contribution is 2.53. The van der Waals surface area contributed by atoms with E-state index in [1.165, 1.54) is 42.4 Å². The number of carbonyl (C=O) groups is 1. The summed E-state index contributed by atoms with van der Waals surface area (Å²) in [6, 6.07) is 30.2. The van der Waals surface area contributed by atoms with E-state index in [1.54, 1.807) is 6.20 Å². The minimum Gasteiger partial charge on any atom is -0.455 e. The van der Waals surface area contributed by atoms with Gasteiger partial charge >= 0.3 is 0 Å². The maximum absolute atomic E-state index is 11.9. The number of hydrogen-bond donors (Lipinski definition) is 1. The van der Waals surface area contributed by atoms with Crippen LogP contribution in [0.3, 0.4) is 0 Å². The summed E-state index contributed by atoms with van der Waals surface area (Å²) < 4.78 is 6.23. The molecule has 260 valence electrons. The number of aromatic amines is 1. The van der Waals surface area contributed by atoms with Crippen molar-refractivity contribution in [2.75, 3.05) is 37.6 Å². The Morgan fingerprint density at radius 3 is 2.57 bits per heavy atom. The number of rotatable bonds is 9. The molecule has 2 saturated heterocycles. The van der Waals surface area contributed by atoms with E-state index >= 15 is 0 Å². The van der Waals surface area contributed by atoms with Crippen molar-refractivity contribution in [3.8, 4) is 17.6 Å². The molecule has 0 bridgehead atoms. The van der Waals surface area contributed by atoms with Crippen LogP contribution in [-0.4, -0.2) is 64.8 Å². The van der Waals surface area contributed by atoms with Gasteiger partial charge in [-0.1, -0.05) is 50.2 Å². The van der Waals surface area contributed by atoms with Gasteiger partial charge in [0.1, 0.15) is 17.1 Å². The summed E-state index contributed by atoms with van der Waals surface area (Å²) in [7, 11) is 0. The Morgan fingerprint density at radius 2 is 1.80 bits per heavy atom. The van der Waals surface area contributed by atoms with Crippen molar-refractivity contribution in [3.63, 3.8) is 0 Å². The van der Waals surface area contributed by atoms with Crippen LogP contribution in [0, 0.1) is 16.7 Å². The Morgan fingerprint density at radius 1 is 1.00 bits per heavy atom. The zero-order valence-electron chi connectivity index (χ0n) is 29.6. The number of pyridine rings is 1. The summed E-state index contributed by atoms with van der Waals surface area (Å²) in [4.78, 5) is 27.4. The minimum absolute atomic E-state index is 0.362. The second kappa shape index (κ2) is 14.0. The van der Waals surface area contributed by atoms with Crippen LogP contribution in [0.15, 0.2) is 91.3 Å². The number of nitrogens with zero attached hydrogens (tertiary/aromatic N) is 5. The van der Waals surface area contributed by atoms with Crippen LogP contribution < -0.4 is 9.64 Å². The summed E-state index contributed by atoms with van der Waals surface area (Å²) in [6.45, 7) is 10.7. The summed E-state index contributed by atoms with van der Waals surface area (Å²) in [6.07, 6.45) is 9.27. The molecule has 0 radical (unpaired) electrons. The smallest absolute Gasteiger partial charge is 0.153 e. The van der Waals surface area contributed by atoms with E-state index in [1.807, 2.05) is 42.6 Å². The molecule has 51 heavy (non-hydrogen) atoms. The third-order valence-electron chi connectivity index (χ3n) is 11.7. The zero-order valence-corrected chi connectivity index (χ0v) is 29.6. The molecule has 4 heterocycles. The number of piperazine rings is 1. The first kappa shape index (κ1) is 33.2. The van der Waals surface area contributed by atoms with E-state index in [4.69, 9.17) is 4.74 Å². The number of carbonyl (C=O) groups excluding carboxylic acids is 1. The first-order chi connectivity index (χ1) is 24.9. The number of benzene rings is 3. The zero-order chi connectivity index (χ0) is 35.0. The molecule has 0 amide bonds. The fraction of sp³-hybridized carbons (Fsp3) is 0.372. The van der Waals surface area contributed by atoms with Gasteiger partial charge in [0.15, 0.2) is 6.29 Å². The lowest BCUT2D eigenvalue weighted by atomic mass is 9.59. The fourth-order valence-corrected chi connectivity index (χ4v) is 8.82. The lowest BCUT2D eigenvalue weighted by Crippen LogP contribution is -2.60. The highest BCUT2D eigenvalue weighted by Gasteiger charge is 2.50. The van der Waals surface area contributed by atoms with Crippen LogP contribution in [0.4, 0.5) is 5.69 Å². The van der Waals surface area contributed by atoms with Gasteiger partial charge in [0.25, 0.3) is 0 Å². The Hall–Kier alpha value is -4.97. The van der Waals surface area contributed by atoms with E-state index < -0.39 is 0 Å². The Labute approximate surface area is 300 Å². The highest BCUT2D eigenvalue weighted by molar-refractivity contribution is 5.81. The topological polar surface area (TPSA) is 88.5 Å². The first-order valence-corrected chi connectivity index (χ1v) is 18.4. The van der Waals surface area contributed by atoms with Crippen molar-refractivity contribution in [2.24, 2.45) is 5.41 Å². The molecule has 2 aliphatic heterocycles. The molecule has 1 saturated carbocycles. The normalized spacial score (nSPS) is 19.6. The predicted molar refractivity (Wildman–Crippen MR) is 201 cm³/mol. The third-order valence-corrected chi connectivity index (χ3v) is 11.7. The average molecular weight is 679 g/mol. The lowest BCUT2D eigenvalue weighted by molar-refractivity contribution is -0.0628. The van der Waals surface area contributed by atoms with E-state index in [2.05, 4.69) is 87.0 Å². The number of piperidine rings is 1. The molecule has 3 aromatic carbocycles. The summed E-state index contributed by atoms with van der Waals surface area (Å²) in [5.41, 5.74) is 7.75. The van der Waals surface area contributed by atoms with Crippen LogP contribution in [0.25, 0.3) is 11.0 Å². The molecule has 1 atom stereocenters. The van der Waals surface area contributed by atoms with E-state index in [9.17, 15) is 10.1 Å². The maximum atomic E-state index is 11.9. The number of H-pyrrole nitrogens is 1. The molecule has 2 aromatic heterocycles. The number of ether oxygens (including phenoxy) is 1. The summed E-state index contributed by atoms with van der Waals surface area (Å²) in [5.74, 6) is 1.65. The SMILES string of the molecule is CC(C)c1ccccc1C1CN(Cc2ccc(C#N)cc2)CCN1C1CC2(CCN(c3ccc(C=O)c(Oc4cnc5[nH]ccc5c4)c3)CC2)C1. The maximum Gasteiger partial charge on any atom is 0.153 e. The molecular formula is C43H46N6O2. The van der Waals surface area contributed by atoms with Gasteiger partial charge in [0, 0.05) is 74.7 Å². The van der Waals surface area contributed by atoms with Crippen molar-refractivity contribution in [1.29, 1.82) is 5.26 Å². The van der Waals surface area contributed by atoms with Crippen LogP contribution >= 0.6 is 0 Å². The van der Waals surface area contributed by atoms with Gasteiger partial charge in [-0.15, -0.1) is 0 Å². The van der Waals surface area contributed by atoms with Crippen molar-refractivity contribution >= 4 is 23.0 Å². The monoisotopic (exact) mass is 678 g/mol. The molecule has 1 N–H and O–H groups in total. The van der Waals surface area contributed by atoms with Gasteiger partial charge in [-0.2, -0.15) is 5.26 Å². The largest absolute Gasteiger partial charge is 0.455 e. The quantitative estimate of drug-likeness (QED) is 0.157. The molecule has 8 nitrogen and oxygen atoms in total. The van der Waals surface area contributed by atoms with Crippen LogP contribution in [0.1, 0.15) is 84.1 Å². The third kappa shape index (κ3) is 6.76. The van der Waals surface area contributed by atoms with Gasteiger partial charge in [0.05, 0.1) is 23.4 Å². The van der Waals surface area contributed by atoms with Gasteiger partial charge in [-0.3, -0.25) is 14.6 Å². The highest BCUT2D eigenvalue weighted by atomic mass is 16.5. The number of anilines is 1. The van der Waals surface area contributed by atoms with Crippen molar-refractivity contribution in [1.82, 2.24) is 19.8 Å². The second-order valence-electron chi connectivity index (χ2n) is 15.2. The fourth-order valence-electron chi connectivity index (χ4n) is 8.82. The number of aldehydes is 1. The molecule has 1 spiro atoms. The van der Waals surface area contributed by atoms with Gasteiger partial charge in [-0.25, -0.2) is 4.98 Å². The molecular weight excluding hydrogens is 633 g/mol. The Balaban J connectivity index is 0.940. The van der Waals surface area contributed by atoms with Gasteiger partial charge in [-0.05, 0) is 90.1 Å². The molecule has 8 heteroatoms. The van der Waals surface area contributed by atoms with Crippen molar-refractivity contribution < 1.29 is 9.53 Å². The molecule has 8 rings (SSSR count). The van der Waals surface area contributed by atoms with Gasteiger partial charge < -0.3 is 14.6 Å². The summed E-state index contributed by atoms with van der Waals surface area (Å²) in [5, 5.41) is 10.2. The van der Waals surface area contributed by atoms with E-state index in [0.717, 1.165) is 62.3 Å². The average Bonchev–Trinajstić information content (AvgIpc) is 3.62. The number of fused-ring (bicyclic) bond motifs is 1. The standard InChI is InChI=1S/C43H46N6O2/c1-30(2)38-5-3-4-6-39(38)40-28-47(27-32-9-7-31(25-44)8-10-32)19-20-49(40)36-23-43(24-36)14-17-48(18-15-43)35-12-11-34(29-50)41(22-35)51-37-21-33-13-16-45-42(33)46-26-37/h3-13,16,21-22,26,29-30,36,40H,14-15,17-20,23-24,27-28H2,1-2H3,(H,45,46). The first-order valence-electron chi connectivity index (χ1n) is 18.4. The number of aromatic nitrogens is 2. The predicted octanol–water partition coefficient (Wildman–Crippen LogP) is 8.47. The Kier molecular flexibility index (Phi) is 9.10. The van der Waals surface area contributed by atoms with Crippen molar-refractivity contribution in [3.05, 3.63) is 119 Å². The summed E-state index contributed by atoms with van der Waals surface area (Å²) >= 11 is 0.